The first-order chi connectivity index (χ1) is 13.1. The molecule has 0 saturated heterocycles. The minimum Gasteiger partial charge on any atom is -0.484 e. The van der Waals surface area contributed by atoms with Crippen LogP contribution in [0.25, 0.3) is 0 Å². The third-order valence-electron chi connectivity index (χ3n) is 3.77. The van der Waals surface area contributed by atoms with Crippen LogP contribution < -0.4 is 15.4 Å². The van der Waals surface area contributed by atoms with E-state index >= 15 is 0 Å². The van der Waals surface area contributed by atoms with E-state index in [0.717, 1.165) is 31.0 Å². The van der Waals surface area contributed by atoms with Crippen LogP contribution in [0.4, 0.5) is 0 Å². The van der Waals surface area contributed by atoms with Gasteiger partial charge in [-0.3, -0.25) is 4.79 Å². The molecule has 6 nitrogen and oxygen atoms in total. The summed E-state index contributed by atoms with van der Waals surface area (Å²) in [5.41, 5.74) is 1.03. The van der Waals surface area contributed by atoms with Crippen molar-refractivity contribution in [2.75, 3.05) is 33.8 Å². The highest BCUT2D eigenvalue weighted by atomic mass is 127. The van der Waals surface area contributed by atoms with Crippen LogP contribution >= 0.6 is 35.3 Å². The van der Waals surface area contributed by atoms with Gasteiger partial charge in [0.2, 0.25) is 0 Å². The van der Waals surface area contributed by atoms with Crippen molar-refractivity contribution in [3.8, 4) is 5.75 Å². The molecule has 1 aromatic carbocycles. The summed E-state index contributed by atoms with van der Waals surface area (Å²) >= 11 is 1.77. The summed E-state index contributed by atoms with van der Waals surface area (Å²) in [4.78, 5) is 19.1. The normalized spacial score (nSPS) is 10.8. The van der Waals surface area contributed by atoms with Crippen LogP contribution in [0.2, 0.25) is 0 Å². The number of guanidine groups is 1. The minimum absolute atomic E-state index is 0. The zero-order valence-corrected chi connectivity index (χ0v) is 19.8. The summed E-state index contributed by atoms with van der Waals surface area (Å²) in [7, 11) is 3.43. The average molecular weight is 516 g/mol. The Morgan fingerprint density at radius 1 is 1.21 bits per heavy atom. The number of thiophene rings is 1. The molecule has 1 aromatic heterocycles. The van der Waals surface area contributed by atoms with Gasteiger partial charge in [0, 0.05) is 32.1 Å². The third kappa shape index (κ3) is 8.92. The van der Waals surface area contributed by atoms with Gasteiger partial charge in [0.15, 0.2) is 12.6 Å². The van der Waals surface area contributed by atoms with E-state index < -0.39 is 0 Å². The van der Waals surface area contributed by atoms with Crippen molar-refractivity contribution in [2.24, 2.45) is 4.99 Å². The minimum atomic E-state index is -0.0669. The molecule has 0 aliphatic carbocycles. The summed E-state index contributed by atoms with van der Waals surface area (Å²) < 4.78 is 5.56. The van der Waals surface area contributed by atoms with E-state index in [1.165, 1.54) is 9.78 Å². The molecule has 0 aliphatic rings. The molecule has 0 saturated carbocycles. The van der Waals surface area contributed by atoms with Gasteiger partial charge >= 0.3 is 0 Å². The predicted molar refractivity (Wildman–Crippen MR) is 127 cm³/mol. The molecule has 0 spiro atoms. The monoisotopic (exact) mass is 516 g/mol. The average Bonchev–Trinajstić information content (AvgIpc) is 3.18. The predicted octanol–water partition coefficient (Wildman–Crippen LogP) is 3.13. The van der Waals surface area contributed by atoms with Crippen molar-refractivity contribution in [3.63, 3.8) is 0 Å². The maximum atomic E-state index is 11.6. The van der Waals surface area contributed by atoms with Crippen molar-refractivity contribution in [3.05, 3.63) is 52.2 Å². The first kappa shape index (κ1) is 24.2. The first-order valence-corrected chi connectivity index (χ1v) is 9.93. The lowest BCUT2D eigenvalue weighted by Gasteiger charge is -2.12. The standard InChI is InChI=1S/C20H28N4O2S.HI/c1-4-21-20(22-11-10-18-9-6-12-27-18)23-14-16-7-5-8-17(13-16)26-15-19(25)24(2)3;/h5-9,12-13H,4,10-11,14-15H2,1-3H3,(H2,21,22,23);1H. The quantitative estimate of drug-likeness (QED) is 0.306. The number of ether oxygens (including phenoxy) is 1. The van der Waals surface area contributed by atoms with E-state index in [9.17, 15) is 4.79 Å². The molecule has 0 bridgehead atoms. The van der Waals surface area contributed by atoms with E-state index in [2.05, 4.69) is 33.1 Å². The highest BCUT2D eigenvalue weighted by Crippen LogP contribution is 2.14. The highest BCUT2D eigenvalue weighted by Gasteiger charge is 2.05. The Hall–Kier alpha value is -1.81. The second-order valence-electron chi connectivity index (χ2n) is 6.18. The number of hydrogen-bond donors (Lipinski definition) is 2. The number of nitrogens with zero attached hydrogens (tertiary/aromatic N) is 2. The van der Waals surface area contributed by atoms with Gasteiger partial charge < -0.3 is 20.3 Å². The lowest BCUT2D eigenvalue weighted by atomic mass is 10.2. The van der Waals surface area contributed by atoms with Crippen LogP contribution in [-0.4, -0.2) is 50.6 Å². The number of aliphatic imine (C=N–C) groups is 1. The van der Waals surface area contributed by atoms with Gasteiger partial charge in [0.1, 0.15) is 5.75 Å². The van der Waals surface area contributed by atoms with Crippen LogP contribution in [0.5, 0.6) is 5.75 Å². The van der Waals surface area contributed by atoms with Crippen LogP contribution in [0.1, 0.15) is 17.4 Å². The second-order valence-corrected chi connectivity index (χ2v) is 7.21. The maximum Gasteiger partial charge on any atom is 0.259 e. The summed E-state index contributed by atoms with van der Waals surface area (Å²) in [6.07, 6.45) is 0.977. The fourth-order valence-electron chi connectivity index (χ4n) is 2.28. The number of halogens is 1. The molecule has 0 unspecified atom stereocenters. The Labute approximate surface area is 188 Å². The molecular formula is C20H29IN4O2S. The Balaban J connectivity index is 0.00000392. The van der Waals surface area contributed by atoms with Gasteiger partial charge in [0.25, 0.3) is 5.91 Å². The Morgan fingerprint density at radius 2 is 2.04 bits per heavy atom. The van der Waals surface area contributed by atoms with Crippen molar-refractivity contribution >= 4 is 47.2 Å². The lowest BCUT2D eigenvalue weighted by molar-refractivity contribution is -0.130. The van der Waals surface area contributed by atoms with Gasteiger partial charge in [-0.1, -0.05) is 18.2 Å². The third-order valence-corrected chi connectivity index (χ3v) is 4.70. The topological polar surface area (TPSA) is 66.0 Å². The Bertz CT molecular complexity index is 736. The van der Waals surface area contributed by atoms with Crippen molar-refractivity contribution in [1.82, 2.24) is 15.5 Å². The second kappa shape index (κ2) is 13.4. The smallest absolute Gasteiger partial charge is 0.259 e. The molecule has 2 rings (SSSR count). The molecule has 0 radical (unpaired) electrons. The largest absolute Gasteiger partial charge is 0.484 e. The molecule has 1 amide bonds. The molecular weight excluding hydrogens is 487 g/mol. The molecule has 1 heterocycles. The van der Waals surface area contributed by atoms with Crippen molar-refractivity contribution in [1.29, 1.82) is 0 Å². The fraction of sp³-hybridized carbons (Fsp3) is 0.400. The maximum absolute atomic E-state index is 11.6. The number of likely N-dealkylation sites (N-methyl/N-ethyl adjacent to an activating group) is 1. The molecule has 0 atom stereocenters. The number of benzene rings is 1. The molecule has 154 valence electrons. The van der Waals surface area contributed by atoms with Gasteiger partial charge in [-0.25, -0.2) is 4.99 Å². The molecule has 0 aliphatic heterocycles. The fourth-order valence-corrected chi connectivity index (χ4v) is 2.99. The van der Waals surface area contributed by atoms with E-state index in [-0.39, 0.29) is 36.5 Å². The van der Waals surface area contributed by atoms with Gasteiger partial charge in [0.05, 0.1) is 6.54 Å². The van der Waals surface area contributed by atoms with Crippen LogP contribution in [-0.2, 0) is 17.8 Å². The highest BCUT2D eigenvalue weighted by molar-refractivity contribution is 14.0. The lowest BCUT2D eigenvalue weighted by Crippen LogP contribution is -2.38. The van der Waals surface area contributed by atoms with Crippen molar-refractivity contribution < 1.29 is 9.53 Å². The molecule has 2 N–H and O–H groups in total. The molecule has 8 heteroatoms. The van der Waals surface area contributed by atoms with Crippen LogP contribution in [0.3, 0.4) is 0 Å². The number of carbonyl (C=O) groups excluding carboxylic acids is 1. The Kier molecular flexibility index (Phi) is 11.6. The first-order valence-electron chi connectivity index (χ1n) is 9.05. The molecule has 28 heavy (non-hydrogen) atoms. The molecule has 0 fully saturated rings. The number of carbonyl (C=O) groups is 1. The van der Waals surface area contributed by atoms with Crippen LogP contribution in [0.15, 0.2) is 46.8 Å². The zero-order valence-electron chi connectivity index (χ0n) is 16.6. The van der Waals surface area contributed by atoms with Crippen molar-refractivity contribution in [2.45, 2.75) is 19.9 Å². The Morgan fingerprint density at radius 3 is 2.71 bits per heavy atom. The number of hydrogen-bond acceptors (Lipinski definition) is 4. The van der Waals surface area contributed by atoms with Gasteiger partial charge in [-0.2, -0.15) is 0 Å². The SMILES string of the molecule is CCNC(=NCc1cccc(OCC(=O)N(C)C)c1)NCCc1cccs1.I. The summed E-state index contributed by atoms with van der Waals surface area (Å²) in [6.45, 7) is 4.26. The summed E-state index contributed by atoms with van der Waals surface area (Å²) in [6, 6.07) is 11.9. The zero-order chi connectivity index (χ0) is 19.5. The van der Waals surface area contributed by atoms with Crippen LogP contribution in [0, 0.1) is 0 Å². The number of amides is 1. The van der Waals surface area contributed by atoms with E-state index in [4.69, 9.17) is 4.74 Å². The van der Waals surface area contributed by atoms with Gasteiger partial charge in [-0.05, 0) is 42.5 Å². The van der Waals surface area contributed by atoms with E-state index in [0.29, 0.717) is 12.3 Å². The van der Waals surface area contributed by atoms with E-state index in [1.807, 2.05) is 31.2 Å². The summed E-state index contributed by atoms with van der Waals surface area (Å²) in [5.74, 6) is 1.40. The van der Waals surface area contributed by atoms with E-state index in [1.54, 1.807) is 25.4 Å². The molecule has 2 aromatic rings. The summed E-state index contributed by atoms with van der Waals surface area (Å²) in [5, 5.41) is 8.71. The number of nitrogens with one attached hydrogen (secondary N) is 2. The van der Waals surface area contributed by atoms with Gasteiger partial charge in [-0.15, -0.1) is 35.3 Å². The number of rotatable bonds is 9.